The minimum Gasteiger partial charge on any atom is -0.381 e. The van der Waals surface area contributed by atoms with Crippen molar-refractivity contribution in [3.63, 3.8) is 0 Å². The summed E-state index contributed by atoms with van der Waals surface area (Å²) >= 11 is 0. The molecule has 0 radical (unpaired) electrons. The molecule has 34 heavy (non-hydrogen) atoms. The van der Waals surface area contributed by atoms with Gasteiger partial charge in [-0.2, -0.15) is 18.4 Å². The molecule has 0 saturated heterocycles. The number of hydrogen-bond donors (Lipinski definition) is 1. The molecule has 4 rings (SSSR count). The Hall–Kier alpha value is -3.04. The summed E-state index contributed by atoms with van der Waals surface area (Å²) in [5.41, 5.74) is -2.02. The van der Waals surface area contributed by atoms with Crippen LogP contribution in [-0.2, 0) is 25.5 Å². The lowest BCUT2D eigenvalue weighted by Gasteiger charge is -2.19. The van der Waals surface area contributed by atoms with E-state index in [0.29, 0.717) is 12.8 Å². The molecule has 0 bridgehead atoms. The molecule has 0 aliphatic heterocycles. The lowest BCUT2D eigenvalue weighted by atomic mass is 10.0. The van der Waals surface area contributed by atoms with Gasteiger partial charge in [0.25, 0.3) is 0 Å². The number of alkyl halides is 3. The van der Waals surface area contributed by atoms with E-state index < -0.39 is 55.2 Å². The largest absolute Gasteiger partial charge is 0.417 e. The normalized spacial score (nSPS) is 23.8. The fourth-order valence-corrected chi connectivity index (χ4v) is 6.25. The molecule has 2 aliphatic rings. The van der Waals surface area contributed by atoms with Crippen LogP contribution in [0.5, 0.6) is 0 Å². The molecule has 180 valence electrons. The van der Waals surface area contributed by atoms with Gasteiger partial charge >= 0.3 is 6.18 Å². The number of benzene rings is 1. The molecular formula is C22H21F3N4O4S. The Labute approximate surface area is 194 Å². The Morgan fingerprint density at radius 3 is 2.56 bits per heavy atom. The maximum atomic E-state index is 13.9. The van der Waals surface area contributed by atoms with E-state index in [9.17, 15) is 31.6 Å². The summed E-state index contributed by atoms with van der Waals surface area (Å²) in [6.07, 6.45) is -1.14. The molecule has 3 atom stereocenters. The molecule has 2 fully saturated rings. The highest BCUT2D eigenvalue weighted by atomic mass is 32.2. The van der Waals surface area contributed by atoms with Crippen molar-refractivity contribution in [3.8, 4) is 17.3 Å². The van der Waals surface area contributed by atoms with Crippen LogP contribution in [0.25, 0.3) is 11.3 Å². The first-order chi connectivity index (χ1) is 16.0. The summed E-state index contributed by atoms with van der Waals surface area (Å²) in [7, 11) is -3.16. The summed E-state index contributed by atoms with van der Waals surface area (Å²) < 4.78 is 73.8. The van der Waals surface area contributed by atoms with Gasteiger partial charge in [-0.25, -0.2) is 8.42 Å². The number of methoxy groups -OCH3 is 1. The van der Waals surface area contributed by atoms with Gasteiger partial charge in [-0.3, -0.25) is 14.8 Å². The number of rotatable bonds is 6. The van der Waals surface area contributed by atoms with Gasteiger partial charge < -0.3 is 10.1 Å². The summed E-state index contributed by atoms with van der Waals surface area (Å²) in [6, 6.07) is 4.94. The Morgan fingerprint density at radius 2 is 2.00 bits per heavy atom. The molecule has 2 aliphatic carbocycles. The van der Waals surface area contributed by atoms with Gasteiger partial charge in [-0.15, -0.1) is 0 Å². The van der Waals surface area contributed by atoms with Crippen LogP contribution in [-0.4, -0.2) is 48.3 Å². The van der Waals surface area contributed by atoms with Crippen LogP contribution in [0.3, 0.4) is 0 Å². The van der Waals surface area contributed by atoms with E-state index in [4.69, 9.17) is 4.74 Å². The number of nitriles is 1. The molecule has 1 aromatic heterocycles. The number of carbonyl (C=O) groups excluding carboxylic acids is 1. The lowest BCUT2D eigenvalue weighted by molar-refractivity contribution is -0.139. The van der Waals surface area contributed by atoms with E-state index in [0.717, 1.165) is 12.1 Å². The van der Waals surface area contributed by atoms with Crippen molar-refractivity contribution >= 4 is 15.7 Å². The minimum absolute atomic E-state index is 0.0732. The third kappa shape index (κ3) is 4.50. The van der Waals surface area contributed by atoms with Gasteiger partial charge in [0.2, 0.25) is 5.91 Å². The molecular weight excluding hydrogens is 473 g/mol. The average molecular weight is 494 g/mol. The van der Waals surface area contributed by atoms with Gasteiger partial charge in [0.15, 0.2) is 9.84 Å². The van der Waals surface area contributed by atoms with Crippen LogP contribution < -0.4 is 5.32 Å². The van der Waals surface area contributed by atoms with Crippen LogP contribution in [0.4, 0.5) is 13.2 Å². The average Bonchev–Trinajstić information content (AvgIpc) is 3.44. The lowest BCUT2D eigenvalue weighted by Crippen LogP contribution is -2.42. The summed E-state index contributed by atoms with van der Waals surface area (Å²) in [4.78, 5) is 19.7. The van der Waals surface area contributed by atoms with Gasteiger partial charge in [-0.05, 0) is 37.8 Å². The number of sulfone groups is 1. The molecule has 2 aromatic rings. The van der Waals surface area contributed by atoms with Gasteiger partial charge in [0.05, 0.1) is 45.7 Å². The van der Waals surface area contributed by atoms with Crippen LogP contribution in [0, 0.1) is 17.2 Å². The predicted molar refractivity (Wildman–Crippen MR) is 113 cm³/mol. The molecule has 0 unspecified atom stereocenters. The van der Waals surface area contributed by atoms with Crippen molar-refractivity contribution in [1.82, 2.24) is 15.3 Å². The Morgan fingerprint density at radius 1 is 1.26 bits per heavy atom. The first kappa shape index (κ1) is 24.1. The third-order valence-electron chi connectivity index (χ3n) is 6.32. The molecule has 8 nitrogen and oxygen atoms in total. The number of nitrogens with zero attached hydrogens (tertiary/aromatic N) is 3. The zero-order chi connectivity index (χ0) is 24.7. The molecule has 1 amide bonds. The number of halogens is 3. The van der Waals surface area contributed by atoms with E-state index in [2.05, 4.69) is 15.3 Å². The monoisotopic (exact) mass is 494 g/mol. The summed E-state index contributed by atoms with van der Waals surface area (Å²) in [5.74, 6) is -1.43. The van der Waals surface area contributed by atoms with E-state index in [1.165, 1.54) is 31.8 Å². The van der Waals surface area contributed by atoms with Gasteiger partial charge in [-0.1, -0.05) is 6.07 Å². The Balaban J connectivity index is 1.66. The zero-order valence-electron chi connectivity index (χ0n) is 18.0. The highest BCUT2D eigenvalue weighted by Crippen LogP contribution is 2.42. The molecule has 0 spiro atoms. The summed E-state index contributed by atoms with van der Waals surface area (Å²) in [5, 5.41) is 10.6. The van der Waals surface area contributed by atoms with E-state index >= 15 is 0 Å². The SMILES string of the molecule is CO[C@H]1C[C@@H](S(=O)(=O)c2ccc(-c3cnccn3)cc2C(F)(F)F)C[C@@H]1C(=O)NC1(C#N)CC1. The van der Waals surface area contributed by atoms with E-state index in [1.54, 1.807) is 0 Å². The Kier molecular flexibility index (Phi) is 6.12. The highest BCUT2D eigenvalue weighted by molar-refractivity contribution is 7.92. The second-order valence-corrected chi connectivity index (χ2v) is 10.7. The van der Waals surface area contributed by atoms with Crippen LogP contribution in [0.1, 0.15) is 31.2 Å². The maximum absolute atomic E-state index is 13.9. The third-order valence-corrected chi connectivity index (χ3v) is 8.55. The molecule has 1 aromatic carbocycles. The number of aromatic nitrogens is 2. The van der Waals surface area contributed by atoms with Crippen molar-refractivity contribution < 1.29 is 31.1 Å². The molecule has 1 heterocycles. The predicted octanol–water partition coefficient (Wildman–Crippen LogP) is 2.90. The second kappa shape index (κ2) is 8.63. The number of amides is 1. The smallest absolute Gasteiger partial charge is 0.381 e. The van der Waals surface area contributed by atoms with Crippen molar-refractivity contribution in [2.45, 2.75) is 53.6 Å². The zero-order valence-corrected chi connectivity index (χ0v) is 18.9. The first-order valence-corrected chi connectivity index (χ1v) is 12.0. The number of ether oxygens (including phenoxy) is 1. The molecule has 12 heteroatoms. The van der Waals surface area contributed by atoms with Gasteiger partial charge in [0, 0.05) is 25.1 Å². The topological polar surface area (TPSA) is 122 Å². The minimum atomic E-state index is -4.94. The van der Waals surface area contributed by atoms with Crippen molar-refractivity contribution in [2.24, 2.45) is 5.92 Å². The first-order valence-electron chi connectivity index (χ1n) is 10.5. The molecule has 1 N–H and O–H groups in total. The molecule has 2 saturated carbocycles. The van der Waals surface area contributed by atoms with Crippen molar-refractivity contribution in [2.75, 3.05) is 7.11 Å². The fourth-order valence-electron chi connectivity index (χ4n) is 4.25. The van der Waals surface area contributed by atoms with Crippen LogP contribution in [0.15, 0.2) is 41.7 Å². The van der Waals surface area contributed by atoms with Crippen molar-refractivity contribution in [3.05, 3.63) is 42.4 Å². The fraction of sp³-hybridized carbons (Fsp3) is 0.455. The Bertz CT molecular complexity index is 1240. The number of carbonyl (C=O) groups is 1. The number of nitrogens with one attached hydrogen (secondary N) is 1. The highest BCUT2D eigenvalue weighted by Gasteiger charge is 2.51. The van der Waals surface area contributed by atoms with E-state index in [1.807, 2.05) is 6.07 Å². The van der Waals surface area contributed by atoms with E-state index in [-0.39, 0.29) is 24.1 Å². The maximum Gasteiger partial charge on any atom is 0.417 e. The van der Waals surface area contributed by atoms with Crippen LogP contribution >= 0.6 is 0 Å². The van der Waals surface area contributed by atoms with Gasteiger partial charge in [0.1, 0.15) is 5.54 Å². The second-order valence-electron chi connectivity index (χ2n) is 8.50. The quantitative estimate of drug-likeness (QED) is 0.655. The standard InChI is InChI=1S/C22H21F3N4O4S/c1-33-18-10-14(9-15(18)20(30)29-21(12-26)4-5-21)34(31,32)19-3-2-13(8-16(19)22(23,24)25)17-11-27-6-7-28-17/h2-3,6-8,11,14-15,18H,4-5,9-10H2,1H3,(H,29,30)/t14-,15-,18-/m0/s1. The van der Waals surface area contributed by atoms with Crippen LogP contribution in [0.2, 0.25) is 0 Å². The number of hydrogen-bond acceptors (Lipinski definition) is 7. The summed E-state index contributed by atoms with van der Waals surface area (Å²) in [6.45, 7) is 0. The van der Waals surface area contributed by atoms with Crippen molar-refractivity contribution in [1.29, 1.82) is 5.26 Å².